The third kappa shape index (κ3) is 9.11. The predicted octanol–water partition coefficient (Wildman–Crippen LogP) is 4.82. The van der Waals surface area contributed by atoms with Crippen LogP contribution < -0.4 is 4.74 Å². The average molecular weight is 459 g/mol. The Kier molecular flexibility index (Phi) is 12.1. The van der Waals surface area contributed by atoms with Crippen molar-refractivity contribution in [3.63, 3.8) is 0 Å². The van der Waals surface area contributed by atoms with Crippen LogP contribution in [0.5, 0.6) is 5.75 Å². The Balaban J connectivity index is 2.80. The standard InChI is InChI=1S/C20H30N2O2S4/c1-6-7-12-24-17-10-8-15(9-11-17)18(23)16(13-27-19(25)21(2)3)14-28-20(26)22(4)5/h8-11,16H,6-7,12-14H2,1-5H3. The number of hydrogen-bond acceptors (Lipinski definition) is 6. The van der Waals surface area contributed by atoms with Crippen LogP contribution in [0, 0.1) is 5.92 Å². The van der Waals surface area contributed by atoms with Gasteiger partial charge >= 0.3 is 0 Å². The molecule has 0 N–H and O–H groups in total. The highest BCUT2D eigenvalue weighted by Crippen LogP contribution is 2.23. The quantitative estimate of drug-likeness (QED) is 0.280. The molecule has 0 aliphatic carbocycles. The van der Waals surface area contributed by atoms with E-state index in [9.17, 15) is 4.79 Å². The zero-order valence-corrected chi connectivity index (χ0v) is 20.5. The summed E-state index contributed by atoms with van der Waals surface area (Å²) in [6.45, 7) is 2.83. The van der Waals surface area contributed by atoms with E-state index in [2.05, 4.69) is 6.92 Å². The van der Waals surface area contributed by atoms with Crippen molar-refractivity contribution in [1.82, 2.24) is 9.80 Å². The third-order valence-electron chi connectivity index (χ3n) is 3.82. The van der Waals surface area contributed by atoms with Crippen LogP contribution in [0.3, 0.4) is 0 Å². The second kappa shape index (κ2) is 13.4. The molecule has 0 spiro atoms. The van der Waals surface area contributed by atoms with Gasteiger partial charge in [-0.2, -0.15) is 0 Å². The zero-order chi connectivity index (χ0) is 21.1. The summed E-state index contributed by atoms with van der Waals surface area (Å²) < 4.78 is 7.24. The number of thiocarbonyl (C=S) groups is 2. The molecule has 0 atom stereocenters. The van der Waals surface area contributed by atoms with Crippen molar-refractivity contribution in [3.8, 4) is 5.75 Å². The smallest absolute Gasteiger partial charge is 0.167 e. The first kappa shape index (κ1) is 25.2. The van der Waals surface area contributed by atoms with Gasteiger partial charge < -0.3 is 14.5 Å². The molecule has 0 aliphatic rings. The molecule has 0 aromatic heterocycles. The predicted molar refractivity (Wildman–Crippen MR) is 132 cm³/mol. The summed E-state index contributed by atoms with van der Waals surface area (Å²) in [5, 5.41) is 0. The molecule has 0 bridgehead atoms. The number of carbonyl (C=O) groups excluding carboxylic acids is 1. The fourth-order valence-corrected chi connectivity index (χ4v) is 4.39. The van der Waals surface area contributed by atoms with Crippen LogP contribution in [0.2, 0.25) is 0 Å². The van der Waals surface area contributed by atoms with Gasteiger partial charge in [-0.1, -0.05) is 61.3 Å². The van der Waals surface area contributed by atoms with Crippen LogP contribution >= 0.6 is 48.0 Å². The molecule has 1 rings (SSSR count). The molecule has 0 fully saturated rings. The molecule has 0 saturated carbocycles. The van der Waals surface area contributed by atoms with Crippen molar-refractivity contribution in [3.05, 3.63) is 29.8 Å². The lowest BCUT2D eigenvalue weighted by atomic mass is 10.0. The Bertz CT molecular complexity index is 624. The van der Waals surface area contributed by atoms with Gasteiger partial charge in [0, 0.05) is 51.2 Å². The van der Waals surface area contributed by atoms with Crippen molar-refractivity contribution in [1.29, 1.82) is 0 Å². The third-order valence-corrected chi connectivity index (χ3v) is 7.62. The van der Waals surface area contributed by atoms with E-state index in [0.717, 1.165) is 27.2 Å². The van der Waals surface area contributed by atoms with Gasteiger partial charge in [-0.15, -0.1) is 0 Å². The molecule has 0 saturated heterocycles. The summed E-state index contributed by atoms with van der Waals surface area (Å²) in [4.78, 5) is 16.9. The van der Waals surface area contributed by atoms with E-state index < -0.39 is 0 Å². The first-order valence-corrected chi connectivity index (χ1v) is 12.0. The number of unbranched alkanes of at least 4 members (excludes halogenated alkanes) is 1. The first-order chi connectivity index (χ1) is 13.3. The number of hydrogen-bond donors (Lipinski definition) is 0. The molecule has 0 radical (unpaired) electrons. The lowest BCUT2D eigenvalue weighted by Crippen LogP contribution is -2.25. The summed E-state index contributed by atoms with van der Waals surface area (Å²) in [5.41, 5.74) is 0.695. The molecule has 8 heteroatoms. The van der Waals surface area contributed by atoms with Crippen molar-refractivity contribution < 1.29 is 9.53 Å². The number of Topliss-reactive ketones (excluding diaryl/α,β-unsaturated/α-hetero) is 1. The van der Waals surface area contributed by atoms with Gasteiger partial charge in [0.25, 0.3) is 0 Å². The monoisotopic (exact) mass is 458 g/mol. The zero-order valence-electron chi connectivity index (χ0n) is 17.3. The van der Waals surface area contributed by atoms with Gasteiger partial charge in [-0.25, -0.2) is 0 Å². The van der Waals surface area contributed by atoms with Gasteiger partial charge in [-0.05, 0) is 30.7 Å². The molecule has 156 valence electrons. The molecular formula is C20H30N2O2S4. The summed E-state index contributed by atoms with van der Waals surface area (Å²) >= 11 is 13.8. The number of benzene rings is 1. The fraction of sp³-hybridized carbons (Fsp3) is 0.550. The van der Waals surface area contributed by atoms with Crippen LogP contribution in [0.1, 0.15) is 30.1 Å². The van der Waals surface area contributed by atoms with E-state index in [1.807, 2.05) is 62.3 Å². The number of ether oxygens (including phenoxy) is 1. The Morgan fingerprint density at radius 1 is 1.00 bits per heavy atom. The largest absolute Gasteiger partial charge is 0.494 e. The number of nitrogens with zero attached hydrogens (tertiary/aromatic N) is 2. The fourth-order valence-electron chi connectivity index (χ4n) is 2.09. The molecular weight excluding hydrogens is 429 g/mol. The SMILES string of the molecule is CCCCOc1ccc(C(=O)C(CSC(=S)N(C)C)CSC(=S)N(C)C)cc1. The highest BCUT2D eigenvalue weighted by Gasteiger charge is 2.22. The Labute approximate surface area is 188 Å². The van der Waals surface area contributed by atoms with Gasteiger partial charge in [-0.3, -0.25) is 4.79 Å². The summed E-state index contributed by atoms with van der Waals surface area (Å²) in [7, 11) is 7.66. The van der Waals surface area contributed by atoms with Crippen molar-refractivity contribution in [2.75, 3.05) is 46.3 Å². The molecule has 28 heavy (non-hydrogen) atoms. The molecule has 4 nitrogen and oxygen atoms in total. The van der Waals surface area contributed by atoms with Crippen molar-refractivity contribution >= 4 is 62.4 Å². The van der Waals surface area contributed by atoms with Crippen molar-refractivity contribution in [2.45, 2.75) is 19.8 Å². The summed E-state index contributed by atoms with van der Waals surface area (Å²) in [6.07, 6.45) is 2.12. The van der Waals surface area contributed by atoms with Crippen LogP contribution in [0.25, 0.3) is 0 Å². The molecule has 0 unspecified atom stereocenters. The second-order valence-electron chi connectivity index (χ2n) is 6.73. The minimum absolute atomic E-state index is 0.114. The van der Waals surface area contributed by atoms with Crippen molar-refractivity contribution in [2.24, 2.45) is 5.92 Å². The number of thioether (sulfide) groups is 2. The first-order valence-electron chi connectivity index (χ1n) is 9.21. The van der Waals surface area contributed by atoms with E-state index in [-0.39, 0.29) is 11.7 Å². The van der Waals surface area contributed by atoms with Gasteiger partial charge in [0.2, 0.25) is 0 Å². The second-order valence-corrected chi connectivity index (χ2v) is 10.0. The average Bonchev–Trinajstić information content (AvgIpc) is 2.67. The number of ketones is 1. The van der Waals surface area contributed by atoms with Crippen LogP contribution in [-0.4, -0.2) is 70.5 Å². The summed E-state index contributed by atoms with van der Waals surface area (Å²) in [5.74, 6) is 2.01. The number of carbonyl (C=O) groups is 1. The normalized spacial score (nSPS) is 10.6. The van der Waals surface area contributed by atoms with Gasteiger partial charge in [0.1, 0.15) is 14.4 Å². The molecule has 0 heterocycles. The van der Waals surface area contributed by atoms with Gasteiger partial charge in [0.15, 0.2) is 5.78 Å². The topological polar surface area (TPSA) is 32.8 Å². The van der Waals surface area contributed by atoms with E-state index >= 15 is 0 Å². The molecule has 1 aromatic carbocycles. The molecule has 1 aromatic rings. The highest BCUT2D eigenvalue weighted by molar-refractivity contribution is 8.23. The van der Waals surface area contributed by atoms with Crippen LogP contribution in [0.4, 0.5) is 0 Å². The lowest BCUT2D eigenvalue weighted by Gasteiger charge is -2.20. The minimum atomic E-state index is -0.169. The maximum Gasteiger partial charge on any atom is 0.167 e. The maximum absolute atomic E-state index is 13.1. The lowest BCUT2D eigenvalue weighted by molar-refractivity contribution is 0.0944. The van der Waals surface area contributed by atoms with Gasteiger partial charge in [0.05, 0.1) is 6.61 Å². The van der Waals surface area contributed by atoms with Crippen LogP contribution in [-0.2, 0) is 0 Å². The van der Waals surface area contributed by atoms with E-state index in [4.69, 9.17) is 29.2 Å². The van der Waals surface area contributed by atoms with E-state index in [0.29, 0.717) is 23.7 Å². The molecule has 0 amide bonds. The Hall–Kier alpha value is -0.830. The number of rotatable bonds is 10. The Morgan fingerprint density at radius 3 is 1.93 bits per heavy atom. The Morgan fingerprint density at radius 2 is 1.50 bits per heavy atom. The van der Waals surface area contributed by atoms with Crippen LogP contribution in [0.15, 0.2) is 24.3 Å². The van der Waals surface area contributed by atoms with E-state index in [1.54, 1.807) is 0 Å². The van der Waals surface area contributed by atoms with E-state index in [1.165, 1.54) is 23.5 Å². The minimum Gasteiger partial charge on any atom is -0.494 e. The maximum atomic E-state index is 13.1. The summed E-state index contributed by atoms with van der Waals surface area (Å²) in [6, 6.07) is 7.44. The highest BCUT2D eigenvalue weighted by atomic mass is 32.2. The molecule has 0 aliphatic heterocycles.